The SMILES string of the molecule is CC(=O)c1cc(I)cnc1N. The second-order valence-electron chi connectivity index (χ2n) is 2.14. The quantitative estimate of drug-likeness (QED) is 0.616. The van der Waals surface area contributed by atoms with Crippen LogP contribution in [0, 0.1) is 3.57 Å². The van der Waals surface area contributed by atoms with Crippen molar-refractivity contribution < 1.29 is 4.79 Å². The monoisotopic (exact) mass is 262 g/mol. The first kappa shape index (κ1) is 8.45. The van der Waals surface area contributed by atoms with Crippen LogP contribution in [0.2, 0.25) is 0 Å². The van der Waals surface area contributed by atoms with Crippen LogP contribution >= 0.6 is 22.6 Å². The third-order valence-corrected chi connectivity index (χ3v) is 1.85. The average molecular weight is 262 g/mol. The Morgan fingerprint density at radius 1 is 1.73 bits per heavy atom. The zero-order valence-corrected chi connectivity index (χ0v) is 8.12. The van der Waals surface area contributed by atoms with Gasteiger partial charge in [-0.15, -0.1) is 0 Å². The number of rotatable bonds is 1. The topological polar surface area (TPSA) is 56.0 Å². The number of ketones is 1. The molecule has 1 rings (SSSR count). The van der Waals surface area contributed by atoms with Gasteiger partial charge in [0.2, 0.25) is 0 Å². The first-order chi connectivity index (χ1) is 5.11. The molecule has 0 amide bonds. The fourth-order valence-electron chi connectivity index (χ4n) is 0.732. The Labute approximate surface area is 78.1 Å². The van der Waals surface area contributed by atoms with Crippen molar-refractivity contribution in [2.75, 3.05) is 5.73 Å². The number of carbonyl (C=O) groups is 1. The van der Waals surface area contributed by atoms with E-state index in [0.717, 1.165) is 3.57 Å². The van der Waals surface area contributed by atoms with Gasteiger partial charge in [0, 0.05) is 9.77 Å². The minimum absolute atomic E-state index is 0.0477. The van der Waals surface area contributed by atoms with Gasteiger partial charge >= 0.3 is 0 Å². The molecule has 0 bridgehead atoms. The number of hydrogen-bond acceptors (Lipinski definition) is 3. The Kier molecular flexibility index (Phi) is 2.43. The zero-order valence-electron chi connectivity index (χ0n) is 5.97. The summed E-state index contributed by atoms with van der Waals surface area (Å²) in [6, 6.07) is 1.73. The maximum atomic E-state index is 10.9. The Morgan fingerprint density at radius 3 is 2.82 bits per heavy atom. The third kappa shape index (κ3) is 1.89. The summed E-state index contributed by atoms with van der Waals surface area (Å²) in [6.45, 7) is 1.48. The molecule has 0 aliphatic carbocycles. The van der Waals surface area contributed by atoms with E-state index >= 15 is 0 Å². The molecule has 4 heteroatoms. The van der Waals surface area contributed by atoms with Crippen molar-refractivity contribution in [1.82, 2.24) is 4.98 Å². The van der Waals surface area contributed by atoms with E-state index in [-0.39, 0.29) is 5.78 Å². The van der Waals surface area contributed by atoms with Gasteiger partial charge in [-0.25, -0.2) is 4.98 Å². The number of Topliss-reactive ketones (excluding diaryl/α,β-unsaturated/α-hetero) is 1. The maximum absolute atomic E-state index is 10.9. The summed E-state index contributed by atoms with van der Waals surface area (Å²) >= 11 is 2.09. The van der Waals surface area contributed by atoms with Crippen LogP contribution in [-0.2, 0) is 0 Å². The van der Waals surface area contributed by atoms with E-state index in [1.54, 1.807) is 12.3 Å². The Bertz CT molecular complexity index is 298. The Balaban J connectivity index is 3.23. The smallest absolute Gasteiger partial charge is 0.163 e. The van der Waals surface area contributed by atoms with Gasteiger partial charge in [-0.05, 0) is 35.6 Å². The van der Waals surface area contributed by atoms with Gasteiger partial charge in [0.05, 0.1) is 5.56 Å². The normalized spacial score (nSPS) is 9.64. The summed E-state index contributed by atoms with van der Waals surface area (Å²) < 4.78 is 0.919. The van der Waals surface area contributed by atoms with Crippen LogP contribution in [-0.4, -0.2) is 10.8 Å². The van der Waals surface area contributed by atoms with E-state index in [0.29, 0.717) is 11.4 Å². The predicted octanol–water partition coefficient (Wildman–Crippen LogP) is 1.47. The maximum Gasteiger partial charge on any atom is 0.163 e. The highest BCUT2D eigenvalue weighted by atomic mass is 127. The number of hydrogen-bond donors (Lipinski definition) is 1. The second-order valence-corrected chi connectivity index (χ2v) is 3.39. The Hall–Kier alpha value is -0.650. The standard InChI is InChI=1S/C7H7IN2O/c1-4(11)6-2-5(8)3-10-7(6)9/h2-3H,1H3,(H2,9,10). The zero-order chi connectivity index (χ0) is 8.43. The molecule has 1 aromatic heterocycles. The number of nitrogens with zero attached hydrogens (tertiary/aromatic N) is 1. The van der Waals surface area contributed by atoms with E-state index in [2.05, 4.69) is 27.6 Å². The molecular weight excluding hydrogens is 255 g/mol. The molecule has 0 aliphatic heterocycles. The number of nitrogens with two attached hydrogens (primary N) is 1. The van der Waals surface area contributed by atoms with Crippen molar-refractivity contribution in [2.24, 2.45) is 0 Å². The number of halogens is 1. The lowest BCUT2D eigenvalue weighted by molar-refractivity contribution is 0.101. The van der Waals surface area contributed by atoms with Crippen molar-refractivity contribution in [3.8, 4) is 0 Å². The van der Waals surface area contributed by atoms with E-state index in [4.69, 9.17) is 5.73 Å². The molecule has 0 aromatic carbocycles. The molecule has 1 aromatic rings. The van der Waals surface area contributed by atoms with Crippen molar-refractivity contribution in [2.45, 2.75) is 6.92 Å². The van der Waals surface area contributed by atoms with Gasteiger partial charge in [0.1, 0.15) is 5.82 Å². The van der Waals surface area contributed by atoms with Gasteiger partial charge in [0.25, 0.3) is 0 Å². The van der Waals surface area contributed by atoms with Crippen LogP contribution in [0.15, 0.2) is 12.3 Å². The average Bonchev–Trinajstić information content (AvgIpc) is 1.94. The first-order valence-electron chi connectivity index (χ1n) is 3.03. The summed E-state index contributed by atoms with van der Waals surface area (Å²) in [5.41, 5.74) is 5.95. The van der Waals surface area contributed by atoms with Crippen LogP contribution in [0.25, 0.3) is 0 Å². The number of aromatic nitrogens is 1. The number of anilines is 1. The van der Waals surface area contributed by atoms with Crippen LogP contribution in [0.1, 0.15) is 17.3 Å². The van der Waals surface area contributed by atoms with Crippen LogP contribution in [0.5, 0.6) is 0 Å². The highest BCUT2D eigenvalue weighted by Gasteiger charge is 2.04. The van der Waals surface area contributed by atoms with Gasteiger partial charge in [-0.2, -0.15) is 0 Å². The number of pyridine rings is 1. The molecule has 0 fully saturated rings. The van der Waals surface area contributed by atoms with Crippen LogP contribution in [0.4, 0.5) is 5.82 Å². The minimum Gasteiger partial charge on any atom is -0.383 e. The molecule has 3 nitrogen and oxygen atoms in total. The largest absolute Gasteiger partial charge is 0.383 e. The second kappa shape index (κ2) is 3.17. The molecule has 0 saturated carbocycles. The molecule has 2 N–H and O–H groups in total. The lowest BCUT2D eigenvalue weighted by Gasteiger charge is -1.99. The van der Waals surface area contributed by atoms with E-state index in [9.17, 15) is 4.79 Å². The third-order valence-electron chi connectivity index (χ3n) is 1.26. The molecule has 0 spiro atoms. The fraction of sp³-hybridized carbons (Fsp3) is 0.143. The van der Waals surface area contributed by atoms with Gasteiger partial charge in [-0.1, -0.05) is 0 Å². The number of carbonyl (C=O) groups excluding carboxylic acids is 1. The molecule has 1 heterocycles. The van der Waals surface area contributed by atoms with E-state index in [1.165, 1.54) is 6.92 Å². The predicted molar refractivity (Wildman–Crippen MR) is 51.4 cm³/mol. The highest BCUT2D eigenvalue weighted by molar-refractivity contribution is 14.1. The minimum atomic E-state index is -0.0477. The van der Waals surface area contributed by atoms with Crippen molar-refractivity contribution in [3.05, 3.63) is 21.4 Å². The first-order valence-corrected chi connectivity index (χ1v) is 4.11. The summed E-state index contributed by atoms with van der Waals surface area (Å²) in [5, 5.41) is 0. The van der Waals surface area contributed by atoms with Gasteiger partial charge in [-0.3, -0.25) is 4.79 Å². The van der Waals surface area contributed by atoms with Gasteiger partial charge < -0.3 is 5.73 Å². The molecule has 58 valence electrons. The molecule has 0 unspecified atom stereocenters. The molecule has 11 heavy (non-hydrogen) atoms. The number of nitrogen functional groups attached to an aromatic ring is 1. The summed E-state index contributed by atoms with van der Waals surface area (Å²) in [4.78, 5) is 14.7. The van der Waals surface area contributed by atoms with Gasteiger partial charge in [0.15, 0.2) is 5.78 Å². The fourth-order valence-corrected chi connectivity index (χ4v) is 1.18. The van der Waals surface area contributed by atoms with E-state index in [1.807, 2.05) is 0 Å². The van der Waals surface area contributed by atoms with Crippen LogP contribution < -0.4 is 5.73 Å². The van der Waals surface area contributed by atoms with Crippen molar-refractivity contribution in [1.29, 1.82) is 0 Å². The molecule has 0 radical (unpaired) electrons. The van der Waals surface area contributed by atoms with Crippen LogP contribution in [0.3, 0.4) is 0 Å². The molecule has 0 atom stereocenters. The Morgan fingerprint density at radius 2 is 2.36 bits per heavy atom. The summed E-state index contributed by atoms with van der Waals surface area (Å²) in [5.74, 6) is 0.256. The highest BCUT2D eigenvalue weighted by Crippen LogP contribution is 2.12. The van der Waals surface area contributed by atoms with E-state index < -0.39 is 0 Å². The lowest BCUT2D eigenvalue weighted by Crippen LogP contribution is -2.02. The lowest BCUT2D eigenvalue weighted by atomic mass is 10.2. The summed E-state index contributed by atoms with van der Waals surface area (Å²) in [7, 11) is 0. The van der Waals surface area contributed by atoms with Crippen molar-refractivity contribution in [3.63, 3.8) is 0 Å². The van der Waals surface area contributed by atoms with Crippen molar-refractivity contribution >= 4 is 34.2 Å². The summed E-state index contributed by atoms with van der Waals surface area (Å²) in [6.07, 6.45) is 1.63. The molecule has 0 saturated heterocycles. The molecule has 0 aliphatic rings. The molecular formula is C7H7IN2O.